The lowest BCUT2D eigenvalue weighted by molar-refractivity contribution is -0.0294. The molecule has 2 fully saturated rings. The summed E-state index contributed by atoms with van der Waals surface area (Å²) in [5.41, 5.74) is 0. The SMILES string of the molecule is CP1(=O)OCC2OCC(O)C2O1. The van der Waals surface area contributed by atoms with E-state index in [4.69, 9.17) is 13.8 Å². The van der Waals surface area contributed by atoms with Crippen LogP contribution in [0.1, 0.15) is 0 Å². The van der Waals surface area contributed by atoms with Crippen molar-refractivity contribution in [1.29, 1.82) is 0 Å². The van der Waals surface area contributed by atoms with Crippen molar-refractivity contribution in [3.05, 3.63) is 0 Å². The summed E-state index contributed by atoms with van der Waals surface area (Å²) in [4.78, 5) is 0. The zero-order valence-corrected chi connectivity index (χ0v) is 7.57. The van der Waals surface area contributed by atoms with E-state index in [2.05, 4.69) is 0 Å². The highest BCUT2D eigenvalue weighted by molar-refractivity contribution is 7.53. The van der Waals surface area contributed by atoms with E-state index in [1.54, 1.807) is 0 Å². The summed E-state index contributed by atoms with van der Waals surface area (Å²) < 4.78 is 26.4. The van der Waals surface area contributed by atoms with E-state index in [0.29, 0.717) is 0 Å². The van der Waals surface area contributed by atoms with Crippen LogP contribution in [0.25, 0.3) is 0 Å². The lowest BCUT2D eigenvalue weighted by atomic mass is 10.2. The van der Waals surface area contributed by atoms with Gasteiger partial charge in [-0.15, -0.1) is 0 Å². The zero-order valence-electron chi connectivity index (χ0n) is 6.67. The van der Waals surface area contributed by atoms with Gasteiger partial charge in [0.2, 0.25) is 0 Å². The second-order valence-corrected chi connectivity index (χ2v) is 5.09. The van der Waals surface area contributed by atoms with E-state index >= 15 is 0 Å². The second-order valence-electron chi connectivity index (χ2n) is 3.08. The topological polar surface area (TPSA) is 65.0 Å². The summed E-state index contributed by atoms with van der Waals surface area (Å²) in [5.74, 6) is 0. The van der Waals surface area contributed by atoms with Crippen LogP contribution in [0.4, 0.5) is 0 Å². The summed E-state index contributed by atoms with van der Waals surface area (Å²) in [7, 11) is -2.93. The third kappa shape index (κ3) is 1.43. The van der Waals surface area contributed by atoms with Gasteiger partial charge in [-0.2, -0.15) is 0 Å². The van der Waals surface area contributed by atoms with Gasteiger partial charge in [0.05, 0.1) is 13.2 Å². The normalized spacial score (nSPS) is 53.7. The van der Waals surface area contributed by atoms with Crippen LogP contribution in [0.2, 0.25) is 0 Å². The molecule has 0 radical (unpaired) electrons. The van der Waals surface area contributed by atoms with Crippen molar-refractivity contribution >= 4 is 7.60 Å². The molecule has 0 bridgehead atoms. The highest BCUT2D eigenvalue weighted by atomic mass is 31.2. The fourth-order valence-corrected chi connectivity index (χ4v) is 2.60. The van der Waals surface area contributed by atoms with Crippen LogP contribution in [-0.4, -0.2) is 43.3 Å². The summed E-state index contributed by atoms with van der Waals surface area (Å²) in [6.07, 6.45) is -1.41. The first-order valence-corrected chi connectivity index (χ1v) is 5.77. The third-order valence-electron chi connectivity index (χ3n) is 2.01. The summed E-state index contributed by atoms with van der Waals surface area (Å²) >= 11 is 0. The smallest absolute Gasteiger partial charge is 0.328 e. The van der Waals surface area contributed by atoms with E-state index in [0.717, 1.165) is 0 Å². The molecule has 0 aromatic rings. The molecule has 2 aliphatic rings. The number of aliphatic hydroxyl groups excluding tert-OH is 1. The van der Waals surface area contributed by atoms with Crippen molar-refractivity contribution in [1.82, 2.24) is 0 Å². The first-order valence-electron chi connectivity index (χ1n) is 3.79. The Morgan fingerprint density at radius 3 is 3.00 bits per heavy atom. The maximum atomic E-state index is 11.3. The first-order chi connectivity index (χ1) is 5.58. The van der Waals surface area contributed by atoms with E-state index in [1.807, 2.05) is 0 Å². The zero-order chi connectivity index (χ0) is 8.77. The molecule has 0 aliphatic carbocycles. The van der Waals surface area contributed by atoms with Gasteiger partial charge in [0.25, 0.3) is 0 Å². The molecule has 5 nitrogen and oxygen atoms in total. The van der Waals surface area contributed by atoms with Gasteiger partial charge < -0.3 is 14.4 Å². The number of aliphatic hydroxyl groups is 1. The van der Waals surface area contributed by atoms with Crippen molar-refractivity contribution in [3.63, 3.8) is 0 Å². The molecule has 2 aliphatic heterocycles. The quantitative estimate of drug-likeness (QED) is 0.549. The molecule has 4 atom stereocenters. The number of fused-ring (bicyclic) bond motifs is 1. The molecule has 4 unspecified atom stereocenters. The maximum absolute atomic E-state index is 11.3. The van der Waals surface area contributed by atoms with E-state index in [9.17, 15) is 9.67 Å². The Balaban J connectivity index is 2.12. The molecule has 0 aromatic carbocycles. The Morgan fingerprint density at radius 1 is 1.50 bits per heavy atom. The van der Waals surface area contributed by atoms with Crippen LogP contribution in [0.15, 0.2) is 0 Å². The maximum Gasteiger partial charge on any atom is 0.328 e. The number of hydrogen-bond donors (Lipinski definition) is 1. The first kappa shape index (κ1) is 8.66. The van der Waals surface area contributed by atoms with Crippen molar-refractivity contribution in [2.24, 2.45) is 0 Å². The van der Waals surface area contributed by atoms with Crippen LogP contribution >= 0.6 is 7.60 Å². The molecular weight excluding hydrogens is 183 g/mol. The molecule has 6 heteroatoms. The van der Waals surface area contributed by atoms with Crippen LogP contribution in [-0.2, 0) is 18.3 Å². The van der Waals surface area contributed by atoms with Gasteiger partial charge in [0.15, 0.2) is 0 Å². The third-order valence-corrected chi connectivity index (χ3v) is 3.26. The largest absolute Gasteiger partial charge is 0.388 e. The minimum atomic E-state index is -2.93. The highest BCUT2D eigenvalue weighted by Gasteiger charge is 2.45. The van der Waals surface area contributed by atoms with Gasteiger partial charge in [0.1, 0.15) is 18.3 Å². The molecule has 0 amide bonds. The Kier molecular flexibility index (Phi) is 2.01. The Labute approximate surface area is 70.2 Å². The van der Waals surface area contributed by atoms with Crippen molar-refractivity contribution in [2.75, 3.05) is 19.9 Å². The van der Waals surface area contributed by atoms with Gasteiger partial charge in [0, 0.05) is 6.66 Å². The van der Waals surface area contributed by atoms with E-state index < -0.39 is 19.8 Å². The number of rotatable bonds is 0. The summed E-state index contributed by atoms with van der Waals surface area (Å²) in [5, 5.41) is 9.33. The summed E-state index contributed by atoms with van der Waals surface area (Å²) in [6, 6.07) is 0. The van der Waals surface area contributed by atoms with Crippen molar-refractivity contribution in [2.45, 2.75) is 18.3 Å². The lowest BCUT2D eigenvalue weighted by Gasteiger charge is -2.29. The van der Waals surface area contributed by atoms with E-state index in [1.165, 1.54) is 6.66 Å². The molecular formula is C6H11O5P. The van der Waals surface area contributed by atoms with Crippen LogP contribution in [0.3, 0.4) is 0 Å². The molecule has 12 heavy (non-hydrogen) atoms. The molecule has 0 aromatic heterocycles. The highest BCUT2D eigenvalue weighted by Crippen LogP contribution is 2.50. The van der Waals surface area contributed by atoms with Crippen LogP contribution in [0.5, 0.6) is 0 Å². The molecule has 0 spiro atoms. The van der Waals surface area contributed by atoms with Gasteiger partial charge in [-0.05, 0) is 0 Å². The van der Waals surface area contributed by atoms with Crippen LogP contribution < -0.4 is 0 Å². The minimum Gasteiger partial charge on any atom is -0.388 e. The monoisotopic (exact) mass is 194 g/mol. The van der Waals surface area contributed by atoms with Crippen LogP contribution in [0, 0.1) is 0 Å². The Bertz CT molecular complexity index is 230. The lowest BCUT2D eigenvalue weighted by Crippen LogP contribution is -2.38. The molecule has 2 rings (SSSR count). The predicted molar refractivity (Wildman–Crippen MR) is 40.1 cm³/mol. The molecule has 2 heterocycles. The fraction of sp³-hybridized carbons (Fsp3) is 1.00. The standard InChI is InChI=1S/C6H11O5P/c1-12(8)10-3-5-6(11-12)4(7)2-9-5/h4-7H,2-3H2,1H3. The van der Waals surface area contributed by atoms with Gasteiger partial charge >= 0.3 is 7.60 Å². The second kappa shape index (κ2) is 2.79. The number of hydrogen-bond acceptors (Lipinski definition) is 5. The minimum absolute atomic E-state index is 0.235. The van der Waals surface area contributed by atoms with Gasteiger partial charge in [-0.25, -0.2) is 0 Å². The molecule has 1 N–H and O–H groups in total. The fourth-order valence-electron chi connectivity index (χ4n) is 1.40. The summed E-state index contributed by atoms with van der Waals surface area (Å²) in [6.45, 7) is 1.88. The van der Waals surface area contributed by atoms with Crippen molar-refractivity contribution in [3.8, 4) is 0 Å². The molecule has 0 saturated carbocycles. The molecule has 70 valence electrons. The van der Waals surface area contributed by atoms with Gasteiger partial charge in [-0.1, -0.05) is 0 Å². The van der Waals surface area contributed by atoms with Gasteiger partial charge in [-0.3, -0.25) is 9.09 Å². The Hall–Kier alpha value is 0.0700. The van der Waals surface area contributed by atoms with E-state index in [-0.39, 0.29) is 19.3 Å². The Morgan fingerprint density at radius 2 is 2.25 bits per heavy atom. The average molecular weight is 194 g/mol. The predicted octanol–water partition coefficient (Wildman–Crippen LogP) is -0.0156. The average Bonchev–Trinajstić information content (AvgIpc) is 2.31. The van der Waals surface area contributed by atoms with Crippen molar-refractivity contribution < 1.29 is 23.5 Å². The number of ether oxygens (including phenoxy) is 1. The molecule has 2 saturated heterocycles.